The predicted molar refractivity (Wildman–Crippen MR) is 205 cm³/mol. The first-order valence-corrected chi connectivity index (χ1v) is 17.2. The Kier molecular flexibility index (Phi) is 5.34. The molecule has 0 radical (unpaired) electrons. The number of nitrogens with zero attached hydrogens (tertiary/aromatic N) is 4. The van der Waals surface area contributed by atoms with Crippen LogP contribution in [0.5, 0.6) is 0 Å². The van der Waals surface area contributed by atoms with Crippen LogP contribution in [0.4, 0.5) is 0 Å². The van der Waals surface area contributed by atoms with Gasteiger partial charge in [-0.15, -0.1) is 11.3 Å². The van der Waals surface area contributed by atoms with Gasteiger partial charge >= 0.3 is 0 Å². The number of fused-ring (bicyclic) bond motifs is 13. The molecule has 0 aliphatic rings. The summed E-state index contributed by atoms with van der Waals surface area (Å²) in [5.41, 5.74) is 9.18. The average Bonchev–Trinajstić information content (AvgIpc) is 3.91. The van der Waals surface area contributed by atoms with Gasteiger partial charge in [0, 0.05) is 63.9 Å². The van der Waals surface area contributed by atoms with Crippen molar-refractivity contribution in [3.05, 3.63) is 145 Å². The zero-order valence-electron chi connectivity index (χ0n) is 26.3. The number of rotatable bonds is 2. The molecule has 5 nitrogen and oxygen atoms in total. The lowest BCUT2D eigenvalue weighted by atomic mass is 10.1. The lowest BCUT2D eigenvalue weighted by molar-refractivity contribution is 0.669. The molecular weight excluding hydrogens is 633 g/mol. The normalized spacial score (nSPS) is 12.0. The Labute approximate surface area is 288 Å². The number of aromatic nitrogens is 2. The minimum absolute atomic E-state index is 0.584. The van der Waals surface area contributed by atoms with E-state index in [0.29, 0.717) is 11.1 Å². The van der Waals surface area contributed by atoms with E-state index in [4.69, 9.17) is 4.42 Å². The zero-order valence-corrected chi connectivity index (χ0v) is 27.1. The summed E-state index contributed by atoms with van der Waals surface area (Å²) in [5, 5.41) is 28.3. The third-order valence-electron chi connectivity index (χ3n) is 10.2. The van der Waals surface area contributed by atoms with Crippen LogP contribution in [0.2, 0.25) is 0 Å². The second-order valence-electron chi connectivity index (χ2n) is 12.8. The average molecular weight is 655 g/mol. The quantitative estimate of drug-likeness (QED) is 0.186. The second-order valence-corrected chi connectivity index (χ2v) is 13.9. The summed E-state index contributed by atoms with van der Waals surface area (Å²) >= 11 is 1.84. The van der Waals surface area contributed by atoms with Crippen LogP contribution in [0.3, 0.4) is 0 Å². The Hall–Kier alpha value is -6.86. The van der Waals surface area contributed by atoms with Crippen molar-refractivity contribution in [1.29, 1.82) is 10.5 Å². The number of para-hydroxylation sites is 1. The van der Waals surface area contributed by atoms with E-state index in [9.17, 15) is 10.5 Å². The van der Waals surface area contributed by atoms with Crippen molar-refractivity contribution in [2.24, 2.45) is 0 Å². The molecule has 0 saturated heterocycles. The van der Waals surface area contributed by atoms with Gasteiger partial charge in [-0.05, 0) is 91.0 Å². The first-order chi connectivity index (χ1) is 24.7. The van der Waals surface area contributed by atoms with Crippen LogP contribution in [0.15, 0.2) is 138 Å². The van der Waals surface area contributed by atoms with Gasteiger partial charge in [0.25, 0.3) is 0 Å². The van der Waals surface area contributed by atoms with E-state index in [1.54, 1.807) is 0 Å². The zero-order chi connectivity index (χ0) is 33.1. The monoisotopic (exact) mass is 654 g/mol. The third-order valence-corrected chi connectivity index (χ3v) is 11.3. The summed E-state index contributed by atoms with van der Waals surface area (Å²) in [7, 11) is 0. The number of hydrogen-bond donors (Lipinski definition) is 0. The van der Waals surface area contributed by atoms with Gasteiger partial charge in [0.2, 0.25) is 0 Å². The smallest absolute Gasteiger partial charge is 0.135 e. The first-order valence-electron chi connectivity index (χ1n) is 16.4. The molecule has 50 heavy (non-hydrogen) atoms. The number of nitriles is 2. The van der Waals surface area contributed by atoms with E-state index in [-0.39, 0.29) is 0 Å². The number of hydrogen-bond acceptors (Lipinski definition) is 4. The molecule has 0 unspecified atom stereocenters. The molecule has 230 valence electrons. The fraction of sp³-hybridized carbons (Fsp3) is 0. The fourth-order valence-corrected chi connectivity index (χ4v) is 9.11. The minimum atomic E-state index is 0.584. The van der Waals surface area contributed by atoms with E-state index in [0.717, 1.165) is 60.6 Å². The highest BCUT2D eigenvalue weighted by Gasteiger charge is 2.20. The molecule has 0 amide bonds. The molecule has 0 aliphatic heterocycles. The molecule has 6 heteroatoms. The Bertz CT molecular complexity index is 3290. The van der Waals surface area contributed by atoms with Gasteiger partial charge in [0.1, 0.15) is 11.2 Å². The van der Waals surface area contributed by atoms with E-state index in [2.05, 4.69) is 112 Å². The van der Waals surface area contributed by atoms with Crippen molar-refractivity contribution in [2.75, 3.05) is 0 Å². The number of thiophene rings is 1. The maximum Gasteiger partial charge on any atom is 0.135 e. The number of benzene rings is 7. The van der Waals surface area contributed by atoms with Crippen LogP contribution in [0.1, 0.15) is 11.1 Å². The lowest BCUT2D eigenvalue weighted by Crippen LogP contribution is -1.94. The van der Waals surface area contributed by atoms with Gasteiger partial charge in [-0.25, -0.2) is 0 Å². The predicted octanol–water partition coefficient (Wildman–Crippen LogP) is 11.9. The Balaban J connectivity index is 1.19. The van der Waals surface area contributed by atoms with E-state index in [1.165, 1.54) is 36.5 Å². The van der Waals surface area contributed by atoms with E-state index < -0.39 is 0 Å². The highest BCUT2D eigenvalue weighted by atomic mass is 32.1. The molecule has 0 N–H and O–H groups in total. The van der Waals surface area contributed by atoms with Gasteiger partial charge < -0.3 is 13.6 Å². The molecule has 7 aromatic carbocycles. The fourth-order valence-electron chi connectivity index (χ4n) is 8.01. The minimum Gasteiger partial charge on any atom is -0.456 e. The number of furan rings is 1. The van der Waals surface area contributed by atoms with Crippen molar-refractivity contribution in [3.63, 3.8) is 0 Å². The molecule has 0 spiro atoms. The van der Waals surface area contributed by atoms with E-state index in [1.807, 2.05) is 53.8 Å². The summed E-state index contributed by atoms with van der Waals surface area (Å²) in [6, 6.07) is 50.8. The van der Waals surface area contributed by atoms with Gasteiger partial charge in [0.15, 0.2) is 0 Å². The van der Waals surface area contributed by atoms with Gasteiger partial charge in [-0.3, -0.25) is 0 Å². The molecule has 4 aromatic heterocycles. The van der Waals surface area contributed by atoms with Crippen LogP contribution in [0, 0.1) is 22.7 Å². The van der Waals surface area contributed by atoms with Gasteiger partial charge in [-0.1, -0.05) is 42.5 Å². The molecule has 11 aromatic rings. The summed E-state index contributed by atoms with van der Waals surface area (Å²) in [6.07, 6.45) is 0. The Morgan fingerprint density at radius 1 is 0.460 bits per heavy atom. The van der Waals surface area contributed by atoms with Crippen molar-refractivity contribution < 1.29 is 4.42 Å². The second kappa shape index (κ2) is 9.84. The molecule has 0 fully saturated rings. The summed E-state index contributed by atoms with van der Waals surface area (Å²) in [6.45, 7) is 0. The molecule has 0 atom stereocenters. The van der Waals surface area contributed by atoms with Crippen LogP contribution >= 0.6 is 11.3 Å². The van der Waals surface area contributed by atoms with Crippen molar-refractivity contribution in [1.82, 2.24) is 9.13 Å². The molecule has 11 rings (SSSR count). The molecule has 0 saturated carbocycles. The van der Waals surface area contributed by atoms with Crippen LogP contribution in [-0.2, 0) is 0 Å². The summed E-state index contributed by atoms with van der Waals surface area (Å²) in [4.78, 5) is 0. The molecule has 0 aliphatic carbocycles. The maximum atomic E-state index is 9.66. The lowest BCUT2D eigenvalue weighted by Gasteiger charge is -2.10. The molecule has 0 bridgehead atoms. The van der Waals surface area contributed by atoms with Crippen molar-refractivity contribution in [2.45, 2.75) is 0 Å². The van der Waals surface area contributed by atoms with Gasteiger partial charge in [-0.2, -0.15) is 10.5 Å². The maximum absolute atomic E-state index is 9.66. The Morgan fingerprint density at radius 3 is 1.74 bits per heavy atom. The third kappa shape index (κ3) is 3.58. The summed E-state index contributed by atoms with van der Waals surface area (Å²) < 4.78 is 13.6. The van der Waals surface area contributed by atoms with Crippen molar-refractivity contribution in [3.8, 4) is 23.5 Å². The van der Waals surface area contributed by atoms with Crippen LogP contribution in [0.25, 0.3) is 97.1 Å². The highest BCUT2D eigenvalue weighted by molar-refractivity contribution is 7.26. The van der Waals surface area contributed by atoms with Gasteiger partial charge in [0.05, 0.1) is 45.3 Å². The standard InChI is InChI=1S/C44H22N4OS/c45-23-25-9-14-37-32(19-25)33-20-26(24-46)10-15-38(33)47(37)27-11-16-39-34(21-27)35-22-28(12-17-40(35)49-39)48-36-7-3-1-5-29(36)30-13-18-42-43(44(30)48)31-6-2-4-8-41(31)50-42/h1-22H. The largest absolute Gasteiger partial charge is 0.456 e. The first kappa shape index (κ1) is 27.1. The van der Waals surface area contributed by atoms with Crippen molar-refractivity contribution >= 4 is 97.1 Å². The summed E-state index contributed by atoms with van der Waals surface area (Å²) in [5.74, 6) is 0. The highest BCUT2D eigenvalue weighted by Crippen LogP contribution is 2.44. The van der Waals surface area contributed by atoms with Crippen LogP contribution < -0.4 is 0 Å². The topological polar surface area (TPSA) is 70.6 Å². The van der Waals surface area contributed by atoms with E-state index >= 15 is 0 Å². The molecule has 4 heterocycles. The van der Waals surface area contributed by atoms with Crippen LogP contribution in [-0.4, -0.2) is 9.13 Å². The molecular formula is C44H22N4OS. The Morgan fingerprint density at radius 2 is 1.06 bits per heavy atom. The SMILES string of the molecule is N#Cc1ccc2c(c1)c1cc(C#N)ccc1n2-c1ccc2oc3ccc(-n4c5ccccc5c5ccc6sc7ccccc7c6c54)cc3c2c1.